The number of halogens is 1. The lowest BCUT2D eigenvalue weighted by Crippen LogP contribution is -2.19. The lowest BCUT2D eigenvalue weighted by Gasteiger charge is -2.18. The van der Waals surface area contributed by atoms with Gasteiger partial charge in [0.2, 0.25) is 0 Å². The van der Waals surface area contributed by atoms with E-state index in [0.29, 0.717) is 11.1 Å². The van der Waals surface area contributed by atoms with Gasteiger partial charge in [-0.1, -0.05) is 30.5 Å². The van der Waals surface area contributed by atoms with Crippen LogP contribution in [0.5, 0.6) is 5.75 Å². The summed E-state index contributed by atoms with van der Waals surface area (Å²) in [5, 5.41) is 4.20. The van der Waals surface area contributed by atoms with Crippen LogP contribution in [0.2, 0.25) is 5.02 Å². The first-order valence-corrected chi connectivity index (χ1v) is 7.64. The smallest absolute Gasteiger partial charge is 0.137 e. The molecule has 1 aromatic carbocycles. The number of hydrogen-bond acceptors (Lipinski definition) is 2. The topological polar surface area (TPSA) is 21.3 Å². The van der Waals surface area contributed by atoms with Gasteiger partial charge >= 0.3 is 0 Å². The second-order valence-electron chi connectivity index (χ2n) is 5.85. The Morgan fingerprint density at radius 2 is 1.95 bits per heavy atom. The van der Waals surface area contributed by atoms with Gasteiger partial charge in [0.05, 0.1) is 12.1 Å². The number of rotatable bonds is 4. The van der Waals surface area contributed by atoms with Crippen molar-refractivity contribution in [3.63, 3.8) is 0 Å². The number of benzene rings is 1. The van der Waals surface area contributed by atoms with Crippen LogP contribution in [0.15, 0.2) is 18.2 Å². The van der Waals surface area contributed by atoms with E-state index in [1.165, 1.54) is 31.2 Å². The number of ether oxygens (including phenoxy) is 1. The van der Waals surface area contributed by atoms with E-state index in [9.17, 15) is 0 Å². The summed E-state index contributed by atoms with van der Waals surface area (Å²) in [4.78, 5) is 0. The molecule has 19 heavy (non-hydrogen) atoms. The fourth-order valence-corrected chi connectivity index (χ4v) is 4.19. The summed E-state index contributed by atoms with van der Waals surface area (Å²) in [7, 11) is 3.74. The number of methoxy groups -OCH3 is 1. The van der Waals surface area contributed by atoms with E-state index >= 15 is 0 Å². The van der Waals surface area contributed by atoms with Crippen LogP contribution in [0.4, 0.5) is 0 Å². The zero-order valence-electron chi connectivity index (χ0n) is 11.7. The molecule has 0 radical (unpaired) electrons. The summed E-state index contributed by atoms with van der Waals surface area (Å²) in [6, 6.07) is 6.62. The first kappa shape index (κ1) is 13.3. The Bertz CT molecular complexity index is 450. The Morgan fingerprint density at radius 3 is 2.53 bits per heavy atom. The van der Waals surface area contributed by atoms with Gasteiger partial charge in [-0.2, -0.15) is 0 Å². The van der Waals surface area contributed by atoms with Gasteiger partial charge in [0.25, 0.3) is 0 Å². The standard InChI is InChI=1S/C16H22ClNO/c1-18-16(15-11-5-3-4-6-12(11)15)10-7-8-13(17)14(9-10)19-2/h7-9,11-12,15-16,18H,3-6H2,1-2H3. The van der Waals surface area contributed by atoms with Crippen LogP contribution in [0.3, 0.4) is 0 Å². The van der Waals surface area contributed by atoms with Gasteiger partial charge in [0.15, 0.2) is 0 Å². The van der Waals surface area contributed by atoms with Crippen molar-refractivity contribution < 1.29 is 4.74 Å². The second-order valence-corrected chi connectivity index (χ2v) is 6.26. The lowest BCUT2D eigenvalue weighted by molar-refractivity contribution is 0.411. The summed E-state index contributed by atoms with van der Waals surface area (Å²) in [5.41, 5.74) is 1.31. The highest BCUT2D eigenvalue weighted by Gasteiger charge is 2.54. The van der Waals surface area contributed by atoms with E-state index < -0.39 is 0 Å². The normalized spacial score (nSPS) is 30.6. The maximum atomic E-state index is 6.12. The quantitative estimate of drug-likeness (QED) is 0.898. The predicted octanol–water partition coefficient (Wildman–Crippen LogP) is 4.05. The van der Waals surface area contributed by atoms with Gasteiger partial charge in [0.1, 0.15) is 5.75 Å². The lowest BCUT2D eigenvalue weighted by atomic mass is 9.99. The van der Waals surface area contributed by atoms with Crippen molar-refractivity contribution in [2.75, 3.05) is 14.2 Å². The summed E-state index contributed by atoms with van der Waals surface area (Å²) < 4.78 is 5.34. The Hall–Kier alpha value is -0.730. The average Bonchev–Trinajstić information content (AvgIpc) is 3.16. The molecule has 2 saturated carbocycles. The van der Waals surface area contributed by atoms with Gasteiger partial charge < -0.3 is 10.1 Å². The molecule has 1 aromatic rings. The van der Waals surface area contributed by atoms with Gasteiger partial charge in [-0.25, -0.2) is 0 Å². The minimum absolute atomic E-state index is 0.444. The summed E-state index contributed by atoms with van der Waals surface area (Å²) in [6.45, 7) is 0. The summed E-state index contributed by atoms with van der Waals surface area (Å²) in [6.07, 6.45) is 5.66. The van der Waals surface area contributed by atoms with E-state index in [4.69, 9.17) is 16.3 Å². The molecule has 0 bridgehead atoms. The molecule has 0 saturated heterocycles. The first-order chi connectivity index (χ1) is 9.26. The molecule has 104 valence electrons. The maximum absolute atomic E-state index is 6.12. The molecule has 2 fully saturated rings. The SMILES string of the molecule is CNC(c1ccc(Cl)c(OC)c1)C1C2CCCCC21. The van der Waals surface area contributed by atoms with Crippen molar-refractivity contribution in [2.24, 2.45) is 17.8 Å². The molecular weight excluding hydrogens is 258 g/mol. The van der Waals surface area contributed by atoms with Crippen molar-refractivity contribution >= 4 is 11.6 Å². The molecule has 0 aromatic heterocycles. The van der Waals surface area contributed by atoms with E-state index in [1.54, 1.807) is 7.11 Å². The van der Waals surface area contributed by atoms with Crippen LogP contribution in [0, 0.1) is 17.8 Å². The molecule has 0 heterocycles. The van der Waals surface area contributed by atoms with E-state index in [0.717, 1.165) is 23.5 Å². The molecule has 3 heteroatoms. The van der Waals surface area contributed by atoms with Gasteiger partial charge in [0, 0.05) is 6.04 Å². The van der Waals surface area contributed by atoms with Gasteiger partial charge in [-0.3, -0.25) is 0 Å². The minimum atomic E-state index is 0.444. The molecule has 3 unspecified atom stereocenters. The molecule has 3 atom stereocenters. The second kappa shape index (κ2) is 5.34. The Labute approximate surface area is 120 Å². The Kier molecular flexibility index (Phi) is 3.72. The zero-order chi connectivity index (χ0) is 13.4. The fourth-order valence-electron chi connectivity index (χ4n) is 3.99. The number of nitrogens with one attached hydrogen (secondary N) is 1. The summed E-state index contributed by atoms with van der Waals surface area (Å²) in [5.74, 6) is 3.46. The third-order valence-corrected chi connectivity index (χ3v) is 5.27. The largest absolute Gasteiger partial charge is 0.495 e. The third-order valence-electron chi connectivity index (χ3n) is 4.95. The van der Waals surface area contributed by atoms with Crippen LogP contribution >= 0.6 is 11.6 Å². The molecule has 0 spiro atoms. The molecule has 0 amide bonds. The molecule has 0 aliphatic heterocycles. The molecule has 2 aliphatic carbocycles. The van der Waals surface area contributed by atoms with E-state index in [-0.39, 0.29) is 0 Å². The molecule has 3 rings (SSSR count). The van der Waals surface area contributed by atoms with E-state index in [1.807, 2.05) is 6.07 Å². The van der Waals surface area contributed by atoms with Crippen molar-refractivity contribution in [1.82, 2.24) is 5.32 Å². The third kappa shape index (κ3) is 2.36. The van der Waals surface area contributed by atoms with Crippen molar-refractivity contribution in [3.05, 3.63) is 28.8 Å². The molecular formula is C16H22ClNO. The Balaban J connectivity index is 1.82. The molecule has 1 N–H and O–H groups in total. The highest BCUT2D eigenvalue weighted by molar-refractivity contribution is 6.32. The molecule has 2 aliphatic rings. The number of hydrogen-bond donors (Lipinski definition) is 1. The van der Waals surface area contributed by atoms with Crippen molar-refractivity contribution in [2.45, 2.75) is 31.7 Å². The average molecular weight is 280 g/mol. The molecule has 2 nitrogen and oxygen atoms in total. The number of fused-ring (bicyclic) bond motifs is 1. The van der Waals surface area contributed by atoms with Crippen LogP contribution in [0.1, 0.15) is 37.3 Å². The first-order valence-electron chi connectivity index (χ1n) is 7.27. The fraction of sp³-hybridized carbons (Fsp3) is 0.625. The highest BCUT2D eigenvalue weighted by atomic mass is 35.5. The van der Waals surface area contributed by atoms with Crippen LogP contribution < -0.4 is 10.1 Å². The van der Waals surface area contributed by atoms with Crippen LogP contribution in [-0.2, 0) is 0 Å². The highest BCUT2D eigenvalue weighted by Crippen LogP contribution is 2.60. The van der Waals surface area contributed by atoms with Gasteiger partial charge in [-0.05, 0) is 55.3 Å². The zero-order valence-corrected chi connectivity index (χ0v) is 12.4. The maximum Gasteiger partial charge on any atom is 0.137 e. The van der Waals surface area contributed by atoms with E-state index in [2.05, 4.69) is 24.5 Å². The monoisotopic (exact) mass is 279 g/mol. The summed E-state index contributed by atoms with van der Waals surface area (Å²) >= 11 is 6.12. The predicted molar refractivity (Wildman–Crippen MR) is 78.7 cm³/mol. The van der Waals surface area contributed by atoms with Crippen LogP contribution in [0.25, 0.3) is 0 Å². The van der Waals surface area contributed by atoms with Crippen molar-refractivity contribution in [1.29, 1.82) is 0 Å². The minimum Gasteiger partial charge on any atom is -0.495 e. The Morgan fingerprint density at radius 1 is 1.26 bits per heavy atom. The van der Waals surface area contributed by atoms with Gasteiger partial charge in [-0.15, -0.1) is 0 Å². The van der Waals surface area contributed by atoms with Crippen LogP contribution in [-0.4, -0.2) is 14.2 Å². The van der Waals surface area contributed by atoms with Crippen molar-refractivity contribution in [3.8, 4) is 5.75 Å².